The zero-order chi connectivity index (χ0) is 13.0. The highest BCUT2D eigenvalue weighted by atomic mass is 32.1. The number of nitrogens with one attached hydrogen (secondary N) is 2. The predicted molar refractivity (Wildman–Crippen MR) is 70.2 cm³/mol. The van der Waals surface area contributed by atoms with Gasteiger partial charge in [0.05, 0.1) is 12.2 Å². The van der Waals surface area contributed by atoms with Gasteiger partial charge in [0.25, 0.3) is 0 Å². The molecule has 0 aliphatic rings. The van der Waals surface area contributed by atoms with Crippen LogP contribution < -0.4 is 10.6 Å². The van der Waals surface area contributed by atoms with E-state index in [-0.39, 0.29) is 5.91 Å². The molecule has 0 atom stereocenters. The van der Waals surface area contributed by atoms with Gasteiger partial charge in [-0.3, -0.25) is 9.48 Å². The monoisotopic (exact) mass is 265 g/mol. The van der Waals surface area contributed by atoms with Crippen LogP contribution in [0.5, 0.6) is 0 Å². The number of hydrogen-bond donors (Lipinski definition) is 2. The number of carbonyl (C=O) groups is 1. The summed E-state index contributed by atoms with van der Waals surface area (Å²) in [5.41, 5.74) is 0.869. The molecular formula is C11H15N5OS. The summed E-state index contributed by atoms with van der Waals surface area (Å²) in [6.07, 6.45) is 1.67. The Morgan fingerprint density at radius 3 is 3.00 bits per heavy atom. The summed E-state index contributed by atoms with van der Waals surface area (Å²) < 4.78 is 1.67. The second-order valence-electron chi connectivity index (χ2n) is 3.88. The molecule has 2 aromatic heterocycles. The second-order valence-corrected chi connectivity index (χ2v) is 4.88. The molecule has 0 radical (unpaired) electrons. The topological polar surface area (TPSA) is 71.8 Å². The van der Waals surface area contributed by atoms with E-state index in [1.165, 1.54) is 6.92 Å². The third-order valence-corrected chi connectivity index (χ3v) is 3.19. The maximum atomic E-state index is 11.0. The van der Waals surface area contributed by atoms with Crippen LogP contribution in [0.2, 0.25) is 0 Å². The smallest absolute Gasteiger partial charge is 0.221 e. The van der Waals surface area contributed by atoms with Gasteiger partial charge in [-0.05, 0) is 11.4 Å². The van der Waals surface area contributed by atoms with Crippen LogP contribution in [-0.2, 0) is 24.9 Å². The van der Waals surface area contributed by atoms with Crippen molar-refractivity contribution >= 4 is 22.9 Å². The minimum Gasteiger partial charge on any atom is -0.325 e. The molecule has 0 saturated heterocycles. The average Bonchev–Trinajstić information content (AvgIpc) is 2.88. The number of rotatable bonds is 5. The van der Waals surface area contributed by atoms with Gasteiger partial charge < -0.3 is 10.6 Å². The van der Waals surface area contributed by atoms with Gasteiger partial charge in [0.15, 0.2) is 5.82 Å². The summed E-state index contributed by atoms with van der Waals surface area (Å²) in [5, 5.41) is 12.2. The molecule has 0 unspecified atom stereocenters. The van der Waals surface area contributed by atoms with Crippen molar-refractivity contribution in [1.82, 2.24) is 20.1 Å². The predicted octanol–water partition coefficient (Wildman–Crippen LogP) is 1.12. The van der Waals surface area contributed by atoms with Crippen molar-refractivity contribution in [2.75, 3.05) is 5.32 Å². The number of nitrogens with zero attached hydrogens (tertiary/aromatic N) is 3. The van der Waals surface area contributed by atoms with Gasteiger partial charge in [0, 0.05) is 25.4 Å². The Morgan fingerprint density at radius 2 is 2.33 bits per heavy atom. The summed E-state index contributed by atoms with van der Waals surface area (Å²) in [6, 6.07) is 1.90. The molecule has 0 aliphatic heterocycles. The maximum absolute atomic E-state index is 11.0. The first-order valence-electron chi connectivity index (χ1n) is 5.54. The SMILES string of the molecule is CC(=O)Nc1ccsc1CNCc1ncn(C)n1. The van der Waals surface area contributed by atoms with Crippen LogP contribution in [0, 0.1) is 0 Å². The van der Waals surface area contributed by atoms with E-state index in [2.05, 4.69) is 20.7 Å². The zero-order valence-electron chi connectivity index (χ0n) is 10.3. The number of carbonyl (C=O) groups excluding carboxylic acids is 1. The fourth-order valence-electron chi connectivity index (χ4n) is 1.53. The van der Waals surface area contributed by atoms with E-state index >= 15 is 0 Å². The molecule has 1 amide bonds. The molecule has 6 nitrogen and oxygen atoms in total. The Labute approximate surface area is 109 Å². The van der Waals surface area contributed by atoms with Crippen LogP contribution in [0.25, 0.3) is 0 Å². The Hall–Kier alpha value is -1.73. The first kappa shape index (κ1) is 12.7. The van der Waals surface area contributed by atoms with Crippen LogP contribution in [0.15, 0.2) is 17.8 Å². The summed E-state index contributed by atoms with van der Waals surface area (Å²) >= 11 is 1.61. The first-order valence-corrected chi connectivity index (χ1v) is 6.42. The van der Waals surface area contributed by atoms with E-state index in [1.807, 2.05) is 18.5 Å². The van der Waals surface area contributed by atoms with Gasteiger partial charge >= 0.3 is 0 Å². The number of aromatic nitrogens is 3. The summed E-state index contributed by atoms with van der Waals surface area (Å²) in [6.45, 7) is 2.80. The molecule has 0 saturated carbocycles. The number of amides is 1. The van der Waals surface area contributed by atoms with Crippen LogP contribution in [0.4, 0.5) is 5.69 Å². The molecule has 96 valence electrons. The Morgan fingerprint density at radius 1 is 1.50 bits per heavy atom. The molecule has 2 N–H and O–H groups in total. The van der Waals surface area contributed by atoms with E-state index in [0.717, 1.165) is 16.4 Å². The lowest BCUT2D eigenvalue weighted by molar-refractivity contribution is -0.114. The van der Waals surface area contributed by atoms with E-state index in [0.29, 0.717) is 13.1 Å². The highest BCUT2D eigenvalue weighted by molar-refractivity contribution is 7.10. The van der Waals surface area contributed by atoms with Crippen molar-refractivity contribution in [1.29, 1.82) is 0 Å². The van der Waals surface area contributed by atoms with Crippen molar-refractivity contribution in [3.05, 3.63) is 28.5 Å². The molecule has 0 spiro atoms. The van der Waals surface area contributed by atoms with Crippen molar-refractivity contribution in [2.24, 2.45) is 7.05 Å². The van der Waals surface area contributed by atoms with Gasteiger partial charge in [-0.1, -0.05) is 0 Å². The number of thiophene rings is 1. The van der Waals surface area contributed by atoms with Crippen LogP contribution in [0.1, 0.15) is 17.6 Å². The van der Waals surface area contributed by atoms with E-state index in [1.54, 1.807) is 22.3 Å². The minimum atomic E-state index is -0.0546. The third kappa shape index (κ3) is 3.38. The minimum absolute atomic E-state index is 0.0546. The van der Waals surface area contributed by atoms with Gasteiger partial charge in [-0.15, -0.1) is 11.3 Å². The van der Waals surface area contributed by atoms with Crippen LogP contribution in [0.3, 0.4) is 0 Å². The Balaban J connectivity index is 1.86. The van der Waals surface area contributed by atoms with Gasteiger partial charge in [0.1, 0.15) is 6.33 Å². The van der Waals surface area contributed by atoms with Crippen molar-refractivity contribution in [2.45, 2.75) is 20.0 Å². The lowest BCUT2D eigenvalue weighted by atomic mass is 10.3. The average molecular weight is 265 g/mol. The lowest BCUT2D eigenvalue weighted by Gasteiger charge is -2.04. The van der Waals surface area contributed by atoms with Crippen LogP contribution >= 0.6 is 11.3 Å². The van der Waals surface area contributed by atoms with Gasteiger partial charge in [-0.25, -0.2) is 4.98 Å². The number of aryl methyl sites for hydroxylation is 1. The third-order valence-electron chi connectivity index (χ3n) is 2.27. The van der Waals surface area contributed by atoms with Gasteiger partial charge in [0.2, 0.25) is 5.91 Å². The summed E-state index contributed by atoms with van der Waals surface area (Å²) in [7, 11) is 1.84. The molecule has 0 aliphatic carbocycles. The standard InChI is InChI=1S/C11H15N5OS/c1-8(17)14-9-3-4-18-10(9)5-12-6-11-13-7-16(2)15-11/h3-4,7,12H,5-6H2,1-2H3,(H,14,17). The largest absolute Gasteiger partial charge is 0.325 e. The molecule has 0 bridgehead atoms. The molecule has 18 heavy (non-hydrogen) atoms. The molecule has 0 aromatic carbocycles. The molecule has 2 aromatic rings. The fourth-order valence-corrected chi connectivity index (χ4v) is 2.33. The molecular weight excluding hydrogens is 250 g/mol. The van der Waals surface area contributed by atoms with E-state index < -0.39 is 0 Å². The van der Waals surface area contributed by atoms with Crippen LogP contribution in [-0.4, -0.2) is 20.7 Å². The second kappa shape index (κ2) is 5.74. The molecule has 2 heterocycles. The summed E-state index contributed by atoms with van der Waals surface area (Å²) in [4.78, 5) is 16.2. The number of anilines is 1. The normalized spacial score (nSPS) is 10.6. The molecule has 7 heteroatoms. The quantitative estimate of drug-likeness (QED) is 0.850. The lowest BCUT2D eigenvalue weighted by Crippen LogP contribution is -2.15. The first-order chi connectivity index (χ1) is 8.65. The van der Waals surface area contributed by atoms with Crippen molar-refractivity contribution in [3.63, 3.8) is 0 Å². The van der Waals surface area contributed by atoms with Crippen molar-refractivity contribution < 1.29 is 4.79 Å². The molecule has 2 rings (SSSR count). The molecule has 0 fully saturated rings. The van der Waals surface area contributed by atoms with E-state index in [9.17, 15) is 4.79 Å². The fraction of sp³-hybridized carbons (Fsp3) is 0.364. The highest BCUT2D eigenvalue weighted by Crippen LogP contribution is 2.21. The Bertz CT molecular complexity index is 533. The highest BCUT2D eigenvalue weighted by Gasteiger charge is 2.06. The van der Waals surface area contributed by atoms with Gasteiger partial charge in [-0.2, -0.15) is 5.10 Å². The van der Waals surface area contributed by atoms with E-state index in [4.69, 9.17) is 0 Å². The summed E-state index contributed by atoms with van der Waals surface area (Å²) in [5.74, 6) is 0.705. The number of hydrogen-bond acceptors (Lipinski definition) is 5. The van der Waals surface area contributed by atoms with Crippen molar-refractivity contribution in [3.8, 4) is 0 Å². The maximum Gasteiger partial charge on any atom is 0.221 e. The zero-order valence-corrected chi connectivity index (χ0v) is 11.1. The Kier molecular flexibility index (Phi) is 4.06.